The number of halogens is 3. The van der Waals surface area contributed by atoms with Crippen molar-refractivity contribution in [2.45, 2.75) is 18.6 Å². The molecule has 0 bridgehead atoms. The molecule has 1 aromatic heterocycles. The van der Waals surface area contributed by atoms with Crippen molar-refractivity contribution in [1.29, 1.82) is 0 Å². The lowest BCUT2D eigenvalue weighted by Crippen LogP contribution is -2.22. The van der Waals surface area contributed by atoms with Crippen molar-refractivity contribution in [2.24, 2.45) is 0 Å². The van der Waals surface area contributed by atoms with E-state index in [0.717, 1.165) is 10.7 Å². The van der Waals surface area contributed by atoms with E-state index in [-0.39, 0.29) is 5.91 Å². The Kier molecular flexibility index (Phi) is 2.17. The second-order valence-electron chi connectivity index (χ2n) is 3.27. The third kappa shape index (κ3) is 1.81. The van der Waals surface area contributed by atoms with Gasteiger partial charge in [0.15, 0.2) is 5.69 Å². The van der Waals surface area contributed by atoms with Crippen LogP contribution in [0.2, 0.25) is 0 Å². The number of hydrogen-bond donors (Lipinski definition) is 1. The average Bonchev–Trinajstić information content (AvgIpc) is 2.69. The Morgan fingerprint density at radius 3 is 2.73 bits per heavy atom. The van der Waals surface area contributed by atoms with Gasteiger partial charge in [-0.2, -0.15) is 18.3 Å². The topological polar surface area (TPSA) is 46.9 Å². The highest BCUT2D eigenvalue weighted by Gasteiger charge is 2.35. The van der Waals surface area contributed by atoms with Gasteiger partial charge in [-0.3, -0.25) is 9.48 Å². The fraction of sp³-hybridized carbons (Fsp3) is 0.500. The minimum atomic E-state index is -4.46. The lowest BCUT2D eigenvalue weighted by Gasteiger charge is -2.07. The van der Waals surface area contributed by atoms with Gasteiger partial charge in [-0.1, -0.05) is 0 Å². The molecule has 1 aliphatic rings. The first-order valence-electron chi connectivity index (χ1n) is 4.38. The van der Waals surface area contributed by atoms with Gasteiger partial charge in [-0.05, 0) is 12.5 Å². The molecule has 15 heavy (non-hydrogen) atoms. The second kappa shape index (κ2) is 3.25. The molecule has 0 aromatic carbocycles. The van der Waals surface area contributed by atoms with Crippen LogP contribution in [0.5, 0.6) is 0 Å². The van der Waals surface area contributed by atoms with E-state index >= 15 is 0 Å². The van der Waals surface area contributed by atoms with Crippen LogP contribution in [0.4, 0.5) is 13.2 Å². The first-order valence-corrected chi connectivity index (χ1v) is 4.38. The van der Waals surface area contributed by atoms with Crippen LogP contribution in [0.1, 0.15) is 18.2 Å². The first-order chi connectivity index (χ1) is 6.98. The number of carbonyl (C=O) groups excluding carboxylic acids is 1. The second-order valence-corrected chi connectivity index (χ2v) is 3.27. The van der Waals surface area contributed by atoms with Crippen LogP contribution in [0, 0.1) is 0 Å². The van der Waals surface area contributed by atoms with Crippen LogP contribution in [-0.2, 0) is 11.0 Å². The number of alkyl halides is 3. The standard InChI is InChI=1S/C8H8F3N3O/c9-8(10,11)6-2-4-14(13-6)5-1-3-12-7(5)15/h2,4-5H,1,3H2,(H,12,15). The summed E-state index contributed by atoms with van der Waals surface area (Å²) < 4.78 is 37.7. The van der Waals surface area contributed by atoms with Gasteiger partial charge in [0.2, 0.25) is 5.91 Å². The summed E-state index contributed by atoms with van der Waals surface area (Å²) in [6, 6.07) is 0.257. The molecule has 1 aromatic rings. The molecule has 1 unspecified atom stereocenters. The zero-order valence-electron chi connectivity index (χ0n) is 7.58. The first kappa shape index (κ1) is 10.0. The van der Waals surface area contributed by atoms with E-state index in [4.69, 9.17) is 0 Å². The third-order valence-electron chi connectivity index (χ3n) is 2.24. The van der Waals surface area contributed by atoms with E-state index in [1.54, 1.807) is 0 Å². The van der Waals surface area contributed by atoms with Gasteiger partial charge in [0.25, 0.3) is 0 Å². The van der Waals surface area contributed by atoms with Crippen LogP contribution in [0.3, 0.4) is 0 Å². The quantitative estimate of drug-likeness (QED) is 0.764. The number of amides is 1. The van der Waals surface area contributed by atoms with Gasteiger partial charge >= 0.3 is 6.18 Å². The Morgan fingerprint density at radius 1 is 1.53 bits per heavy atom. The summed E-state index contributed by atoms with van der Waals surface area (Å²) in [5, 5.41) is 5.88. The van der Waals surface area contributed by atoms with Gasteiger partial charge in [0.05, 0.1) is 0 Å². The lowest BCUT2D eigenvalue weighted by molar-refractivity contribution is -0.141. The van der Waals surface area contributed by atoms with E-state index in [2.05, 4.69) is 10.4 Å². The maximum Gasteiger partial charge on any atom is 0.435 e. The highest BCUT2D eigenvalue weighted by atomic mass is 19.4. The Labute approximate surface area is 83.1 Å². The maximum absolute atomic E-state index is 12.2. The van der Waals surface area contributed by atoms with Gasteiger partial charge in [-0.15, -0.1) is 0 Å². The summed E-state index contributed by atoms with van der Waals surface area (Å²) in [5.74, 6) is -0.285. The van der Waals surface area contributed by atoms with E-state index in [1.807, 2.05) is 0 Å². The molecule has 0 spiro atoms. The molecule has 1 atom stereocenters. The largest absolute Gasteiger partial charge is 0.435 e. The molecule has 1 aliphatic heterocycles. The molecule has 2 rings (SSSR count). The van der Waals surface area contributed by atoms with Crippen LogP contribution in [0.25, 0.3) is 0 Å². The molecule has 4 nitrogen and oxygen atoms in total. The van der Waals surface area contributed by atoms with Crippen molar-refractivity contribution in [1.82, 2.24) is 15.1 Å². The SMILES string of the molecule is O=C1NCCC1n1ccc(C(F)(F)F)n1. The number of carbonyl (C=O) groups is 1. The fourth-order valence-corrected chi connectivity index (χ4v) is 1.50. The molecule has 1 N–H and O–H groups in total. The number of nitrogens with zero attached hydrogens (tertiary/aromatic N) is 2. The molecule has 1 saturated heterocycles. The molecule has 0 radical (unpaired) electrons. The highest BCUT2D eigenvalue weighted by Crippen LogP contribution is 2.28. The Bertz CT molecular complexity index is 385. The average molecular weight is 219 g/mol. The fourth-order valence-electron chi connectivity index (χ4n) is 1.50. The highest BCUT2D eigenvalue weighted by molar-refractivity contribution is 5.82. The number of aromatic nitrogens is 2. The summed E-state index contributed by atoms with van der Waals surface area (Å²) in [4.78, 5) is 11.2. The monoisotopic (exact) mass is 219 g/mol. The minimum absolute atomic E-state index is 0.285. The smallest absolute Gasteiger partial charge is 0.354 e. The predicted octanol–water partition coefficient (Wildman–Crippen LogP) is 0.963. The van der Waals surface area contributed by atoms with Crippen LogP contribution in [0.15, 0.2) is 12.3 Å². The van der Waals surface area contributed by atoms with Crippen molar-refractivity contribution in [3.05, 3.63) is 18.0 Å². The van der Waals surface area contributed by atoms with Crippen LogP contribution < -0.4 is 5.32 Å². The van der Waals surface area contributed by atoms with Gasteiger partial charge in [0.1, 0.15) is 6.04 Å². The van der Waals surface area contributed by atoms with Gasteiger partial charge in [-0.25, -0.2) is 0 Å². The van der Waals surface area contributed by atoms with Crippen LogP contribution >= 0.6 is 0 Å². The maximum atomic E-state index is 12.2. The Balaban J connectivity index is 2.24. The molecule has 82 valence electrons. The Morgan fingerprint density at radius 2 is 2.27 bits per heavy atom. The summed E-state index contributed by atoms with van der Waals surface area (Å²) in [6.07, 6.45) is -2.81. The molecule has 2 heterocycles. The molecule has 1 amide bonds. The van der Waals surface area contributed by atoms with E-state index in [0.29, 0.717) is 13.0 Å². The van der Waals surface area contributed by atoms with Gasteiger partial charge in [0, 0.05) is 12.7 Å². The minimum Gasteiger partial charge on any atom is -0.354 e. The summed E-state index contributed by atoms with van der Waals surface area (Å²) >= 11 is 0. The third-order valence-corrected chi connectivity index (χ3v) is 2.24. The summed E-state index contributed by atoms with van der Waals surface area (Å²) in [5.41, 5.74) is -0.970. The Hall–Kier alpha value is -1.53. The number of nitrogens with one attached hydrogen (secondary N) is 1. The van der Waals surface area contributed by atoms with Gasteiger partial charge < -0.3 is 5.32 Å². The predicted molar refractivity (Wildman–Crippen MR) is 43.9 cm³/mol. The van der Waals surface area contributed by atoms with E-state index < -0.39 is 17.9 Å². The number of hydrogen-bond acceptors (Lipinski definition) is 2. The van der Waals surface area contributed by atoms with E-state index in [1.165, 1.54) is 6.20 Å². The van der Waals surface area contributed by atoms with Crippen molar-refractivity contribution < 1.29 is 18.0 Å². The molecular formula is C8H8F3N3O. The molecule has 0 saturated carbocycles. The van der Waals surface area contributed by atoms with Crippen molar-refractivity contribution in [3.8, 4) is 0 Å². The lowest BCUT2D eigenvalue weighted by atomic mass is 10.2. The van der Waals surface area contributed by atoms with Crippen LogP contribution in [-0.4, -0.2) is 22.2 Å². The number of rotatable bonds is 1. The molecule has 0 aliphatic carbocycles. The molecular weight excluding hydrogens is 211 g/mol. The normalized spacial score (nSPS) is 21.8. The molecule has 1 fully saturated rings. The van der Waals surface area contributed by atoms with Crippen molar-refractivity contribution in [3.63, 3.8) is 0 Å². The summed E-state index contributed by atoms with van der Waals surface area (Å²) in [7, 11) is 0. The zero-order chi connectivity index (χ0) is 11.1. The summed E-state index contributed by atoms with van der Waals surface area (Å²) in [6.45, 7) is 0.477. The molecule has 7 heteroatoms. The van der Waals surface area contributed by atoms with Crippen molar-refractivity contribution >= 4 is 5.91 Å². The van der Waals surface area contributed by atoms with Crippen molar-refractivity contribution in [2.75, 3.05) is 6.54 Å². The van der Waals surface area contributed by atoms with E-state index in [9.17, 15) is 18.0 Å². The zero-order valence-corrected chi connectivity index (χ0v) is 7.58.